The minimum Gasteiger partial charge on any atom is -0.462 e. The SMILES string of the molecule is CCCCCCCCCCCCCCCCCCC(=O)OC[C@H](COP(=O)(O)OC[C@@H](O)COP(=O)(O)OC[C@@H](COC(=O)CCCCCCCCCCC)OC(=O)CCCCCCCCCCC(C)CC)OC(=O)CCCCCCCCCCCCCCCCCCCCC(C)C. The molecule has 0 aromatic heterocycles. The number of hydrogen-bond donors (Lipinski definition) is 3. The predicted octanol–water partition coefficient (Wildman–Crippen LogP) is 23.5. The maximum absolute atomic E-state index is 13.1. The summed E-state index contributed by atoms with van der Waals surface area (Å²) in [6, 6.07) is 0. The van der Waals surface area contributed by atoms with Crippen LogP contribution in [0.2, 0.25) is 0 Å². The lowest BCUT2D eigenvalue weighted by atomic mass is 9.99. The minimum absolute atomic E-state index is 0.105. The Morgan fingerprint density at radius 1 is 0.296 bits per heavy atom. The first kappa shape index (κ1) is 96.1. The monoisotopic (exact) mass is 1440 g/mol. The van der Waals surface area contributed by atoms with E-state index in [9.17, 15) is 43.2 Å². The summed E-state index contributed by atoms with van der Waals surface area (Å²) in [6.45, 7) is 9.63. The van der Waals surface area contributed by atoms with Crippen molar-refractivity contribution in [3.8, 4) is 0 Å². The average molecular weight is 1440 g/mol. The number of aliphatic hydroxyl groups excluding tert-OH is 1. The van der Waals surface area contributed by atoms with Gasteiger partial charge >= 0.3 is 39.5 Å². The van der Waals surface area contributed by atoms with Crippen molar-refractivity contribution < 1.29 is 80.2 Å². The molecule has 0 aliphatic carbocycles. The summed E-state index contributed by atoms with van der Waals surface area (Å²) in [4.78, 5) is 72.9. The van der Waals surface area contributed by atoms with Gasteiger partial charge in [-0.05, 0) is 37.5 Å². The molecule has 0 saturated carbocycles. The lowest BCUT2D eigenvalue weighted by molar-refractivity contribution is -0.161. The van der Waals surface area contributed by atoms with E-state index in [2.05, 4.69) is 41.5 Å². The van der Waals surface area contributed by atoms with Crippen LogP contribution in [-0.4, -0.2) is 96.7 Å². The highest BCUT2D eigenvalue weighted by molar-refractivity contribution is 7.47. The lowest BCUT2D eigenvalue weighted by Crippen LogP contribution is -2.30. The van der Waals surface area contributed by atoms with Gasteiger partial charge in [-0.3, -0.25) is 37.3 Å². The molecule has 0 rings (SSSR count). The van der Waals surface area contributed by atoms with Crippen molar-refractivity contribution in [1.82, 2.24) is 0 Å². The molecule has 0 heterocycles. The third-order valence-electron chi connectivity index (χ3n) is 18.8. The first-order valence-electron chi connectivity index (χ1n) is 41.0. The maximum atomic E-state index is 13.1. The Morgan fingerprint density at radius 2 is 0.520 bits per heavy atom. The molecule has 0 aromatic carbocycles. The predicted molar refractivity (Wildman–Crippen MR) is 400 cm³/mol. The Balaban J connectivity index is 5.20. The van der Waals surface area contributed by atoms with Gasteiger partial charge < -0.3 is 33.8 Å². The minimum atomic E-state index is -4.96. The van der Waals surface area contributed by atoms with E-state index in [1.54, 1.807) is 0 Å². The van der Waals surface area contributed by atoms with E-state index < -0.39 is 97.5 Å². The van der Waals surface area contributed by atoms with E-state index in [-0.39, 0.29) is 25.7 Å². The molecule has 3 unspecified atom stereocenters. The molecule has 6 atom stereocenters. The summed E-state index contributed by atoms with van der Waals surface area (Å²) < 4.78 is 68.6. The van der Waals surface area contributed by atoms with Crippen LogP contribution in [0.25, 0.3) is 0 Å². The van der Waals surface area contributed by atoms with Gasteiger partial charge in [-0.1, -0.05) is 363 Å². The Hall–Kier alpha value is -1.94. The van der Waals surface area contributed by atoms with Crippen molar-refractivity contribution >= 4 is 39.5 Å². The molecule has 17 nitrogen and oxygen atoms in total. The summed E-state index contributed by atoms with van der Waals surface area (Å²) in [5, 5.41) is 10.6. The second kappa shape index (κ2) is 70.7. The highest BCUT2D eigenvalue weighted by atomic mass is 31.2. The van der Waals surface area contributed by atoms with Crippen molar-refractivity contribution in [2.45, 2.75) is 432 Å². The van der Waals surface area contributed by atoms with E-state index in [1.165, 1.54) is 231 Å². The molecule has 582 valence electrons. The third-order valence-corrected chi connectivity index (χ3v) is 20.7. The largest absolute Gasteiger partial charge is 0.472 e. The molecular formula is C79H154O17P2. The van der Waals surface area contributed by atoms with Crippen molar-refractivity contribution in [2.24, 2.45) is 11.8 Å². The first-order valence-corrected chi connectivity index (χ1v) is 44.0. The molecule has 0 aliphatic heterocycles. The van der Waals surface area contributed by atoms with E-state index >= 15 is 0 Å². The number of esters is 4. The fourth-order valence-corrected chi connectivity index (χ4v) is 13.7. The lowest BCUT2D eigenvalue weighted by Gasteiger charge is -2.21. The van der Waals surface area contributed by atoms with Crippen LogP contribution in [0.5, 0.6) is 0 Å². The van der Waals surface area contributed by atoms with Gasteiger partial charge in [-0.25, -0.2) is 9.13 Å². The number of carbonyl (C=O) groups excluding carboxylic acids is 4. The second-order valence-corrected chi connectivity index (χ2v) is 32.1. The van der Waals surface area contributed by atoms with Crippen LogP contribution in [0.15, 0.2) is 0 Å². The number of rotatable bonds is 78. The number of ether oxygens (including phenoxy) is 4. The van der Waals surface area contributed by atoms with Crippen LogP contribution >= 0.6 is 15.6 Å². The van der Waals surface area contributed by atoms with Crippen molar-refractivity contribution in [3.63, 3.8) is 0 Å². The topological polar surface area (TPSA) is 237 Å². The molecule has 0 fully saturated rings. The number of phosphoric ester groups is 2. The molecule has 98 heavy (non-hydrogen) atoms. The zero-order valence-electron chi connectivity index (χ0n) is 64.1. The summed E-state index contributed by atoms with van der Waals surface area (Å²) >= 11 is 0. The van der Waals surface area contributed by atoms with Crippen molar-refractivity contribution in [3.05, 3.63) is 0 Å². The van der Waals surface area contributed by atoms with Crippen LogP contribution in [0.4, 0.5) is 0 Å². The molecule has 19 heteroatoms. The zero-order chi connectivity index (χ0) is 72.1. The summed E-state index contributed by atoms with van der Waals surface area (Å²) in [5.41, 5.74) is 0. The quantitative estimate of drug-likeness (QED) is 0.0222. The Labute approximate surface area is 600 Å². The zero-order valence-corrected chi connectivity index (χ0v) is 65.9. The number of aliphatic hydroxyl groups is 1. The number of hydrogen-bond acceptors (Lipinski definition) is 15. The fraction of sp³-hybridized carbons (Fsp3) is 0.949. The Bertz CT molecular complexity index is 1890. The Kier molecular flexibility index (Phi) is 69.3. The van der Waals surface area contributed by atoms with Crippen LogP contribution in [0.3, 0.4) is 0 Å². The van der Waals surface area contributed by atoms with Crippen molar-refractivity contribution in [2.75, 3.05) is 39.6 Å². The maximum Gasteiger partial charge on any atom is 0.472 e. The molecular weight excluding hydrogens is 1280 g/mol. The molecule has 0 spiro atoms. The molecule has 0 radical (unpaired) electrons. The number of unbranched alkanes of at least 4 members (excludes halogenated alkanes) is 47. The molecule has 3 N–H and O–H groups in total. The molecule has 0 saturated heterocycles. The number of carbonyl (C=O) groups is 4. The van der Waals surface area contributed by atoms with E-state index in [0.717, 1.165) is 102 Å². The van der Waals surface area contributed by atoms with E-state index in [0.29, 0.717) is 25.7 Å². The summed E-state index contributed by atoms with van der Waals surface area (Å²) in [7, 11) is -9.91. The normalized spacial score (nSPS) is 14.2. The van der Waals surface area contributed by atoms with Gasteiger partial charge in [0, 0.05) is 25.7 Å². The Morgan fingerprint density at radius 3 is 0.776 bits per heavy atom. The van der Waals surface area contributed by atoms with Crippen molar-refractivity contribution in [1.29, 1.82) is 0 Å². The van der Waals surface area contributed by atoms with Gasteiger partial charge in [0.15, 0.2) is 12.2 Å². The van der Waals surface area contributed by atoms with Gasteiger partial charge in [-0.2, -0.15) is 0 Å². The van der Waals surface area contributed by atoms with Crippen LogP contribution in [0, 0.1) is 11.8 Å². The fourth-order valence-electron chi connectivity index (χ4n) is 12.2. The summed E-state index contributed by atoms with van der Waals surface area (Å²) in [6.07, 6.45) is 59.7. The smallest absolute Gasteiger partial charge is 0.462 e. The standard InChI is InChI=1S/C79H154O17P2/c1-7-10-12-14-16-18-19-20-21-27-30-33-37-44-50-56-62-77(82)90-68-74(95-78(83)63-57-51-45-38-34-31-28-25-23-22-24-26-29-32-36-41-47-53-59-71(4)5)69-93-97(85,86)91-65-73(80)66-92-98(87,88)94-70-75(67-89-76(81)61-55-49-43-35-17-15-13-11-8-2)96-79(84)64-58-52-46-40-39-42-48-54-60-72(6)9-3/h71-75,80H,7-70H2,1-6H3,(H,85,86)(H,87,88)/t72?,73-,74-,75-/m1/s1. The van der Waals surface area contributed by atoms with Gasteiger partial charge in [0.05, 0.1) is 26.4 Å². The van der Waals surface area contributed by atoms with Gasteiger partial charge in [-0.15, -0.1) is 0 Å². The second-order valence-electron chi connectivity index (χ2n) is 29.2. The molecule has 0 aliphatic rings. The van der Waals surface area contributed by atoms with Gasteiger partial charge in [0.1, 0.15) is 19.3 Å². The van der Waals surface area contributed by atoms with Gasteiger partial charge in [0.25, 0.3) is 0 Å². The molecule has 0 aromatic rings. The van der Waals surface area contributed by atoms with E-state index in [1.807, 2.05) is 0 Å². The van der Waals surface area contributed by atoms with Crippen LogP contribution < -0.4 is 0 Å². The van der Waals surface area contributed by atoms with Gasteiger partial charge in [0.2, 0.25) is 0 Å². The first-order chi connectivity index (χ1) is 47.4. The summed E-state index contributed by atoms with van der Waals surface area (Å²) in [5.74, 6) is -0.523. The highest BCUT2D eigenvalue weighted by Crippen LogP contribution is 2.45. The van der Waals surface area contributed by atoms with Crippen LogP contribution in [-0.2, 0) is 65.4 Å². The molecule has 0 amide bonds. The van der Waals surface area contributed by atoms with Crippen LogP contribution in [0.1, 0.15) is 414 Å². The third kappa shape index (κ3) is 71.1. The highest BCUT2D eigenvalue weighted by Gasteiger charge is 2.30. The van der Waals surface area contributed by atoms with E-state index in [4.69, 9.17) is 37.0 Å². The number of phosphoric acid groups is 2. The molecule has 0 bridgehead atoms. The average Bonchev–Trinajstić information content (AvgIpc) is 0.980.